The van der Waals surface area contributed by atoms with Crippen molar-refractivity contribution in [2.24, 2.45) is 0 Å². The van der Waals surface area contributed by atoms with E-state index in [1.165, 1.54) is 6.08 Å². The molecule has 0 unspecified atom stereocenters. The molecule has 0 atom stereocenters. The van der Waals surface area contributed by atoms with Gasteiger partial charge in [0.25, 0.3) is 0 Å². The van der Waals surface area contributed by atoms with Crippen LogP contribution in [0.15, 0.2) is 11.4 Å². The van der Waals surface area contributed by atoms with Gasteiger partial charge in [-0.05, 0) is 20.3 Å². The molecule has 14 heavy (non-hydrogen) atoms. The highest BCUT2D eigenvalue weighted by Crippen LogP contribution is 2.11. The lowest BCUT2D eigenvalue weighted by atomic mass is 10.1. The molecular formula is C11H15NO2. The van der Waals surface area contributed by atoms with Crippen molar-refractivity contribution in [1.29, 1.82) is 0 Å². The third kappa shape index (κ3) is 1.35. The molecule has 0 aliphatic heterocycles. The van der Waals surface area contributed by atoms with Gasteiger partial charge in [0.15, 0.2) is 5.43 Å². The Morgan fingerprint density at radius 2 is 2.00 bits per heavy atom. The molecule has 1 N–H and O–H groups in total. The largest absolute Gasteiger partial charge is 0.428 e. The average molecular weight is 193 g/mol. The minimum absolute atomic E-state index is 0.0252. The first kappa shape index (κ1) is 10.6. The van der Waals surface area contributed by atoms with Crippen LogP contribution in [0.1, 0.15) is 29.4 Å². The van der Waals surface area contributed by atoms with Gasteiger partial charge >= 0.3 is 0 Å². The van der Waals surface area contributed by atoms with E-state index in [0.717, 1.165) is 4.73 Å². The zero-order valence-electron chi connectivity index (χ0n) is 8.79. The molecule has 3 nitrogen and oxygen atoms in total. The summed E-state index contributed by atoms with van der Waals surface area (Å²) >= 11 is 0. The number of rotatable bonds is 2. The third-order valence-electron chi connectivity index (χ3n) is 2.54. The second-order valence-corrected chi connectivity index (χ2v) is 3.26. The molecule has 0 saturated heterocycles. The Morgan fingerprint density at radius 1 is 1.43 bits per heavy atom. The monoisotopic (exact) mass is 193 g/mol. The van der Waals surface area contributed by atoms with E-state index < -0.39 is 0 Å². The number of hydrogen-bond acceptors (Lipinski definition) is 2. The van der Waals surface area contributed by atoms with Gasteiger partial charge < -0.3 is 5.21 Å². The second-order valence-electron chi connectivity index (χ2n) is 3.26. The molecule has 0 saturated carbocycles. The summed E-state index contributed by atoms with van der Waals surface area (Å²) in [6, 6.07) is 0. The predicted molar refractivity (Wildman–Crippen MR) is 56.8 cm³/mol. The standard InChI is InChI=1S/C11H15NO2/c1-5-9-7(3)12(14)8(4)10(6-2)11(9)13/h5,14H,1,6H2,2-4H3. The molecule has 0 aliphatic carbocycles. The molecular weight excluding hydrogens is 178 g/mol. The second kappa shape index (κ2) is 3.70. The molecule has 0 aliphatic rings. The van der Waals surface area contributed by atoms with E-state index in [0.29, 0.717) is 28.9 Å². The predicted octanol–water partition coefficient (Wildman–Crippen LogP) is 1.91. The van der Waals surface area contributed by atoms with Gasteiger partial charge in [-0.25, -0.2) is 0 Å². The summed E-state index contributed by atoms with van der Waals surface area (Å²) in [7, 11) is 0. The molecule has 1 aromatic heterocycles. The highest BCUT2D eigenvalue weighted by molar-refractivity contribution is 5.51. The molecule has 1 rings (SSSR count). The summed E-state index contributed by atoms with van der Waals surface area (Å²) in [5, 5.41) is 9.68. The quantitative estimate of drug-likeness (QED) is 0.729. The van der Waals surface area contributed by atoms with E-state index >= 15 is 0 Å². The molecule has 0 fully saturated rings. The SMILES string of the molecule is C=Cc1c(C)n(O)c(C)c(CC)c1=O. The van der Waals surface area contributed by atoms with Crippen molar-refractivity contribution in [3.8, 4) is 0 Å². The smallest absolute Gasteiger partial charge is 0.192 e. The third-order valence-corrected chi connectivity index (χ3v) is 2.54. The Kier molecular flexibility index (Phi) is 2.79. The van der Waals surface area contributed by atoms with Gasteiger partial charge in [0.05, 0.1) is 11.4 Å². The van der Waals surface area contributed by atoms with Crippen LogP contribution in [0.4, 0.5) is 0 Å². The molecule has 3 heteroatoms. The summed E-state index contributed by atoms with van der Waals surface area (Å²) < 4.78 is 1.05. The van der Waals surface area contributed by atoms with E-state index in [1.807, 2.05) is 6.92 Å². The van der Waals surface area contributed by atoms with E-state index in [-0.39, 0.29) is 5.43 Å². The summed E-state index contributed by atoms with van der Waals surface area (Å²) in [5.41, 5.74) is 2.26. The van der Waals surface area contributed by atoms with Crippen LogP contribution >= 0.6 is 0 Å². The fourth-order valence-corrected chi connectivity index (χ4v) is 1.64. The average Bonchev–Trinajstić information content (AvgIpc) is 2.16. The van der Waals surface area contributed by atoms with E-state index in [1.54, 1.807) is 13.8 Å². The lowest BCUT2D eigenvalue weighted by Gasteiger charge is -2.13. The number of nitrogens with zero attached hydrogens (tertiary/aromatic N) is 1. The Morgan fingerprint density at radius 3 is 2.43 bits per heavy atom. The molecule has 1 aromatic rings. The Labute approximate surface area is 83.3 Å². The maximum absolute atomic E-state index is 11.8. The minimum Gasteiger partial charge on any atom is -0.428 e. The van der Waals surface area contributed by atoms with Gasteiger partial charge in [-0.1, -0.05) is 19.6 Å². The first-order chi connectivity index (χ1) is 6.54. The molecule has 0 amide bonds. The maximum atomic E-state index is 11.8. The van der Waals surface area contributed by atoms with Crippen LogP contribution in [0.3, 0.4) is 0 Å². The first-order valence-corrected chi connectivity index (χ1v) is 4.61. The van der Waals surface area contributed by atoms with Crippen molar-refractivity contribution in [2.45, 2.75) is 27.2 Å². The van der Waals surface area contributed by atoms with Crippen LogP contribution in [0, 0.1) is 13.8 Å². The zero-order chi connectivity index (χ0) is 10.9. The Hall–Kier alpha value is -1.51. The van der Waals surface area contributed by atoms with Gasteiger partial charge in [0.2, 0.25) is 0 Å². The maximum Gasteiger partial charge on any atom is 0.192 e. The van der Waals surface area contributed by atoms with Crippen molar-refractivity contribution < 1.29 is 5.21 Å². The number of hydrogen-bond donors (Lipinski definition) is 1. The van der Waals surface area contributed by atoms with Gasteiger partial charge in [-0.3, -0.25) is 4.79 Å². The Bertz CT molecular complexity index is 430. The number of aromatic nitrogens is 1. The van der Waals surface area contributed by atoms with Gasteiger partial charge in [0.1, 0.15) is 0 Å². The van der Waals surface area contributed by atoms with Crippen LogP contribution in [-0.2, 0) is 6.42 Å². The first-order valence-electron chi connectivity index (χ1n) is 4.61. The molecule has 1 heterocycles. The number of pyridine rings is 1. The van der Waals surface area contributed by atoms with Crippen molar-refractivity contribution in [3.63, 3.8) is 0 Å². The fraction of sp³-hybridized carbons (Fsp3) is 0.364. The van der Waals surface area contributed by atoms with Crippen LogP contribution in [0.25, 0.3) is 6.08 Å². The fourth-order valence-electron chi connectivity index (χ4n) is 1.64. The molecule has 76 valence electrons. The van der Waals surface area contributed by atoms with E-state index in [9.17, 15) is 10.0 Å². The van der Waals surface area contributed by atoms with Crippen molar-refractivity contribution in [2.75, 3.05) is 0 Å². The topological polar surface area (TPSA) is 42.2 Å². The lowest BCUT2D eigenvalue weighted by molar-refractivity contribution is 0.169. The van der Waals surface area contributed by atoms with Crippen LogP contribution < -0.4 is 5.43 Å². The zero-order valence-corrected chi connectivity index (χ0v) is 8.79. The Balaban J connectivity index is 3.73. The van der Waals surface area contributed by atoms with Gasteiger partial charge in [-0.2, -0.15) is 4.73 Å². The van der Waals surface area contributed by atoms with Crippen LogP contribution in [0.2, 0.25) is 0 Å². The lowest BCUT2D eigenvalue weighted by Crippen LogP contribution is -2.21. The van der Waals surface area contributed by atoms with Crippen LogP contribution in [-0.4, -0.2) is 9.94 Å². The summed E-state index contributed by atoms with van der Waals surface area (Å²) in [6.07, 6.45) is 2.11. The van der Waals surface area contributed by atoms with E-state index in [2.05, 4.69) is 6.58 Å². The van der Waals surface area contributed by atoms with E-state index in [4.69, 9.17) is 0 Å². The van der Waals surface area contributed by atoms with Crippen molar-refractivity contribution in [1.82, 2.24) is 4.73 Å². The van der Waals surface area contributed by atoms with Gasteiger partial charge in [-0.15, -0.1) is 0 Å². The normalized spacial score (nSPS) is 10.2. The summed E-state index contributed by atoms with van der Waals surface area (Å²) in [4.78, 5) is 11.8. The summed E-state index contributed by atoms with van der Waals surface area (Å²) in [5.74, 6) is 0. The highest BCUT2D eigenvalue weighted by atomic mass is 16.5. The highest BCUT2D eigenvalue weighted by Gasteiger charge is 2.12. The molecule has 0 aromatic carbocycles. The van der Waals surface area contributed by atoms with Gasteiger partial charge in [0, 0.05) is 11.1 Å². The molecule has 0 spiro atoms. The molecule has 0 radical (unpaired) electrons. The van der Waals surface area contributed by atoms with Crippen LogP contribution in [0.5, 0.6) is 0 Å². The van der Waals surface area contributed by atoms with Crippen molar-refractivity contribution >= 4 is 6.08 Å². The summed E-state index contributed by atoms with van der Waals surface area (Å²) in [6.45, 7) is 8.90. The minimum atomic E-state index is -0.0252. The van der Waals surface area contributed by atoms with Crippen molar-refractivity contribution in [3.05, 3.63) is 39.3 Å². The molecule has 0 bridgehead atoms.